The van der Waals surface area contributed by atoms with Crippen LogP contribution in [0, 0.1) is 0 Å². The molecule has 0 radical (unpaired) electrons. The molecule has 2 heterocycles. The average molecular weight is 378 g/mol. The van der Waals surface area contributed by atoms with Crippen LogP contribution in [-0.4, -0.2) is 55.1 Å². The van der Waals surface area contributed by atoms with E-state index in [2.05, 4.69) is 0 Å². The normalized spacial score (nSPS) is 23.5. The van der Waals surface area contributed by atoms with Crippen LogP contribution < -0.4 is 4.72 Å². The van der Waals surface area contributed by atoms with Gasteiger partial charge in [0.25, 0.3) is 5.91 Å². The van der Waals surface area contributed by atoms with E-state index >= 15 is 0 Å². The van der Waals surface area contributed by atoms with Crippen molar-refractivity contribution in [3.05, 3.63) is 33.8 Å². The molecule has 124 valence electrons. The lowest BCUT2D eigenvalue weighted by Gasteiger charge is -2.34. The summed E-state index contributed by atoms with van der Waals surface area (Å²) >= 11 is 11.9. The number of nitrogens with zero attached hydrogens (tertiary/aromatic N) is 2. The Balaban J connectivity index is 1.73. The largest absolute Gasteiger partial charge is 0.339 e. The van der Waals surface area contributed by atoms with E-state index in [1.165, 1.54) is 4.90 Å². The molecule has 0 bridgehead atoms. The molecule has 2 amide bonds. The van der Waals surface area contributed by atoms with Crippen LogP contribution in [-0.2, 0) is 26.2 Å². The summed E-state index contributed by atoms with van der Waals surface area (Å²) in [7, 11) is -3.76. The summed E-state index contributed by atoms with van der Waals surface area (Å²) in [6, 6.07) is 3.99. The first-order valence-corrected chi connectivity index (χ1v) is 9.02. The minimum Gasteiger partial charge on any atom is -0.339 e. The number of carbonyl (C=O) groups is 2. The fraction of sp³-hybridized carbons (Fsp3) is 0.385. The highest BCUT2D eigenvalue weighted by Crippen LogP contribution is 2.23. The zero-order valence-electron chi connectivity index (χ0n) is 11.8. The lowest BCUT2D eigenvalue weighted by Crippen LogP contribution is -2.55. The Kier molecular flexibility index (Phi) is 4.26. The van der Waals surface area contributed by atoms with E-state index in [0.29, 0.717) is 15.6 Å². The van der Waals surface area contributed by atoms with Crippen molar-refractivity contribution in [1.29, 1.82) is 0 Å². The van der Waals surface area contributed by atoms with E-state index < -0.39 is 22.2 Å². The lowest BCUT2D eigenvalue weighted by molar-refractivity contribution is -0.134. The second-order valence-corrected chi connectivity index (χ2v) is 7.82. The molecule has 1 atom stereocenters. The number of piperazine rings is 1. The average Bonchev–Trinajstić information content (AvgIpc) is 2.72. The molecule has 3 rings (SSSR count). The summed E-state index contributed by atoms with van der Waals surface area (Å²) in [5.74, 6) is -0.839. The number of amides is 2. The SMILES string of the molecule is O=C1NS(=O)(=O)N2CCN(C(=O)Cc3cc(Cl)ccc3Cl)CC12. The number of rotatable bonds is 2. The van der Waals surface area contributed by atoms with Crippen molar-refractivity contribution < 1.29 is 18.0 Å². The van der Waals surface area contributed by atoms with E-state index in [0.717, 1.165) is 4.31 Å². The maximum Gasteiger partial charge on any atom is 0.304 e. The predicted octanol–water partition coefficient (Wildman–Crippen LogP) is 0.423. The zero-order valence-corrected chi connectivity index (χ0v) is 14.2. The molecule has 0 aromatic heterocycles. The summed E-state index contributed by atoms with van der Waals surface area (Å²) in [5, 5.41) is 0.908. The molecule has 23 heavy (non-hydrogen) atoms. The van der Waals surface area contributed by atoms with Gasteiger partial charge in [-0.1, -0.05) is 23.2 Å². The number of nitrogens with one attached hydrogen (secondary N) is 1. The molecule has 2 aliphatic rings. The van der Waals surface area contributed by atoms with Crippen LogP contribution in [0.25, 0.3) is 0 Å². The Morgan fingerprint density at radius 1 is 1.30 bits per heavy atom. The Morgan fingerprint density at radius 2 is 2.04 bits per heavy atom. The second-order valence-electron chi connectivity index (χ2n) is 5.35. The summed E-state index contributed by atoms with van der Waals surface area (Å²) in [6.45, 7) is 0.338. The van der Waals surface area contributed by atoms with Crippen molar-refractivity contribution in [2.45, 2.75) is 12.5 Å². The van der Waals surface area contributed by atoms with Gasteiger partial charge in [-0.3, -0.25) is 9.59 Å². The molecule has 2 saturated heterocycles. The zero-order chi connectivity index (χ0) is 16.8. The van der Waals surface area contributed by atoms with Gasteiger partial charge in [0.1, 0.15) is 6.04 Å². The first-order valence-electron chi connectivity index (χ1n) is 6.83. The van der Waals surface area contributed by atoms with Crippen molar-refractivity contribution in [3.63, 3.8) is 0 Å². The number of fused-ring (bicyclic) bond motifs is 1. The van der Waals surface area contributed by atoms with Gasteiger partial charge in [-0.15, -0.1) is 0 Å². The third-order valence-corrected chi connectivity index (χ3v) is 5.99. The Hall–Kier alpha value is -1.35. The molecule has 7 nitrogen and oxygen atoms in total. The smallest absolute Gasteiger partial charge is 0.304 e. The van der Waals surface area contributed by atoms with Crippen LogP contribution in [0.2, 0.25) is 10.0 Å². The molecule has 0 saturated carbocycles. The molecular weight excluding hydrogens is 365 g/mol. The number of hydrogen-bond acceptors (Lipinski definition) is 4. The minimum absolute atomic E-state index is 0.0298. The number of halogens is 2. The molecule has 0 spiro atoms. The maximum absolute atomic E-state index is 12.4. The first-order chi connectivity index (χ1) is 10.8. The standard InChI is InChI=1S/C13H13Cl2N3O4S/c14-9-1-2-10(15)8(5-9)6-12(19)17-3-4-18-11(7-17)13(20)16-23(18,21)22/h1-2,5,11H,3-4,6-7H2,(H,16,20). The Bertz CT molecular complexity index is 783. The summed E-state index contributed by atoms with van der Waals surface area (Å²) in [5.41, 5.74) is 0.593. The lowest BCUT2D eigenvalue weighted by atomic mass is 10.1. The topological polar surface area (TPSA) is 86.8 Å². The van der Waals surface area contributed by atoms with Gasteiger partial charge in [-0.2, -0.15) is 12.7 Å². The van der Waals surface area contributed by atoms with Crippen molar-refractivity contribution in [2.75, 3.05) is 19.6 Å². The van der Waals surface area contributed by atoms with Crippen LogP contribution in [0.15, 0.2) is 18.2 Å². The highest BCUT2D eigenvalue weighted by molar-refractivity contribution is 7.88. The predicted molar refractivity (Wildman–Crippen MR) is 84.3 cm³/mol. The highest BCUT2D eigenvalue weighted by atomic mass is 35.5. The molecule has 2 aliphatic heterocycles. The van der Waals surface area contributed by atoms with Gasteiger partial charge < -0.3 is 4.90 Å². The van der Waals surface area contributed by atoms with Gasteiger partial charge in [-0.05, 0) is 23.8 Å². The van der Waals surface area contributed by atoms with Crippen LogP contribution in [0.5, 0.6) is 0 Å². The van der Waals surface area contributed by atoms with Crippen LogP contribution >= 0.6 is 23.2 Å². The molecule has 1 aromatic carbocycles. The Labute approximate surface area is 143 Å². The van der Waals surface area contributed by atoms with Gasteiger partial charge >= 0.3 is 10.2 Å². The quantitative estimate of drug-likeness (QED) is 0.809. The number of carbonyl (C=O) groups excluding carboxylic acids is 2. The molecule has 10 heteroatoms. The van der Waals surface area contributed by atoms with Crippen molar-refractivity contribution in [2.24, 2.45) is 0 Å². The fourth-order valence-electron chi connectivity index (χ4n) is 2.70. The van der Waals surface area contributed by atoms with E-state index in [-0.39, 0.29) is 32.0 Å². The third-order valence-electron chi connectivity index (χ3n) is 3.87. The molecule has 1 N–H and O–H groups in total. The number of hydrogen-bond donors (Lipinski definition) is 1. The molecule has 1 unspecified atom stereocenters. The first kappa shape index (κ1) is 16.5. The van der Waals surface area contributed by atoms with Gasteiger partial charge in [-0.25, -0.2) is 4.72 Å². The van der Waals surface area contributed by atoms with Crippen molar-refractivity contribution in [1.82, 2.24) is 13.9 Å². The van der Waals surface area contributed by atoms with Crippen molar-refractivity contribution in [3.8, 4) is 0 Å². The van der Waals surface area contributed by atoms with Gasteiger partial charge in [0.2, 0.25) is 5.91 Å². The van der Waals surface area contributed by atoms with Crippen LogP contribution in [0.4, 0.5) is 0 Å². The maximum atomic E-state index is 12.4. The van der Waals surface area contributed by atoms with Gasteiger partial charge in [0, 0.05) is 29.7 Å². The monoisotopic (exact) mass is 377 g/mol. The van der Waals surface area contributed by atoms with Crippen molar-refractivity contribution >= 4 is 45.2 Å². The minimum atomic E-state index is -3.76. The third kappa shape index (κ3) is 3.16. The summed E-state index contributed by atoms with van der Waals surface area (Å²) in [6.07, 6.45) is 0.0421. The highest BCUT2D eigenvalue weighted by Gasteiger charge is 2.47. The van der Waals surface area contributed by atoms with Crippen LogP contribution in [0.3, 0.4) is 0 Å². The van der Waals surface area contributed by atoms with E-state index in [4.69, 9.17) is 23.2 Å². The summed E-state index contributed by atoms with van der Waals surface area (Å²) < 4.78 is 26.5. The van der Waals surface area contributed by atoms with E-state index in [9.17, 15) is 18.0 Å². The molecule has 2 fully saturated rings. The second kappa shape index (κ2) is 5.94. The number of benzene rings is 1. The van der Waals surface area contributed by atoms with E-state index in [1.54, 1.807) is 18.2 Å². The van der Waals surface area contributed by atoms with Crippen LogP contribution in [0.1, 0.15) is 5.56 Å². The fourth-order valence-corrected chi connectivity index (χ4v) is 4.41. The summed E-state index contributed by atoms with van der Waals surface area (Å²) in [4.78, 5) is 25.6. The molecular formula is C13H13Cl2N3O4S. The van der Waals surface area contributed by atoms with E-state index in [1.807, 2.05) is 4.72 Å². The van der Waals surface area contributed by atoms with Gasteiger partial charge in [0.05, 0.1) is 6.42 Å². The Morgan fingerprint density at radius 3 is 2.78 bits per heavy atom. The van der Waals surface area contributed by atoms with Gasteiger partial charge in [0.15, 0.2) is 0 Å². The molecule has 0 aliphatic carbocycles. The molecule has 1 aromatic rings.